The van der Waals surface area contributed by atoms with Crippen molar-refractivity contribution < 1.29 is 9.21 Å². The molecule has 0 aliphatic carbocycles. The molecule has 1 fully saturated rings. The van der Waals surface area contributed by atoms with Gasteiger partial charge in [-0.3, -0.25) is 4.79 Å². The molecule has 3 aromatic heterocycles. The van der Waals surface area contributed by atoms with Crippen LogP contribution in [0.15, 0.2) is 41.3 Å². The van der Waals surface area contributed by atoms with Crippen molar-refractivity contribution in [3.63, 3.8) is 0 Å². The van der Waals surface area contributed by atoms with Crippen LogP contribution < -0.4 is 4.90 Å². The molecule has 0 unspecified atom stereocenters. The van der Waals surface area contributed by atoms with Crippen molar-refractivity contribution in [2.45, 2.75) is 6.92 Å². The van der Waals surface area contributed by atoms with Gasteiger partial charge in [-0.2, -0.15) is 5.10 Å². The van der Waals surface area contributed by atoms with E-state index in [1.165, 1.54) is 6.26 Å². The fourth-order valence-electron chi connectivity index (χ4n) is 2.95. The van der Waals surface area contributed by atoms with E-state index in [9.17, 15) is 4.79 Å². The minimum absolute atomic E-state index is 0.0546. The fourth-order valence-corrected chi connectivity index (χ4v) is 2.95. The Morgan fingerprint density at radius 1 is 1.26 bits per heavy atom. The molecule has 0 N–H and O–H groups in total. The lowest BCUT2D eigenvalue weighted by molar-refractivity contribution is 0.0714. The van der Waals surface area contributed by atoms with Gasteiger partial charge in [-0.25, -0.2) is 9.50 Å². The highest BCUT2D eigenvalue weighted by Crippen LogP contribution is 2.21. The summed E-state index contributed by atoms with van der Waals surface area (Å²) in [6.07, 6.45) is 5.13. The number of amides is 1. The Morgan fingerprint density at radius 2 is 2.09 bits per heavy atom. The van der Waals surface area contributed by atoms with Gasteiger partial charge < -0.3 is 14.2 Å². The number of rotatable bonds is 2. The van der Waals surface area contributed by atoms with E-state index >= 15 is 0 Å². The molecule has 1 amide bonds. The van der Waals surface area contributed by atoms with Gasteiger partial charge in [0.25, 0.3) is 5.91 Å². The monoisotopic (exact) mass is 311 g/mol. The Labute approximate surface area is 133 Å². The molecule has 0 bridgehead atoms. The molecule has 0 saturated carbocycles. The number of piperazine rings is 1. The lowest BCUT2D eigenvalue weighted by Crippen LogP contribution is -2.49. The molecule has 7 heteroatoms. The molecule has 3 aromatic rings. The maximum Gasteiger partial charge on any atom is 0.289 e. The number of carbonyl (C=O) groups excluding carboxylic acids is 1. The van der Waals surface area contributed by atoms with Crippen molar-refractivity contribution in [1.29, 1.82) is 0 Å². The summed E-state index contributed by atoms with van der Waals surface area (Å²) in [6.45, 7) is 4.74. The minimum atomic E-state index is -0.0546. The number of furan rings is 1. The van der Waals surface area contributed by atoms with Crippen LogP contribution in [0.3, 0.4) is 0 Å². The topological polar surface area (TPSA) is 66.9 Å². The molecule has 1 saturated heterocycles. The number of aromatic nitrogens is 3. The van der Waals surface area contributed by atoms with Gasteiger partial charge in [0.05, 0.1) is 12.0 Å². The highest BCUT2D eigenvalue weighted by Gasteiger charge is 2.25. The molecule has 1 aliphatic heterocycles. The van der Waals surface area contributed by atoms with Crippen molar-refractivity contribution in [1.82, 2.24) is 19.5 Å². The van der Waals surface area contributed by atoms with Crippen LogP contribution in [-0.4, -0.2) is 51.6 Å². The standard InChI is InChI=1S/C16H17N5O2/c1-12-11-13-15(17-4-5-21(13)18-12)19-6-8-20(9-7-19)16(22)14-3-2-10-23-14/h2-5,10-11H,6-9H2,1H3. The van der Waals surface area contributed by atoms with Gasteiger partial charge in [0.15, 0.2) is 11.6 Å². The number of hydrogen-bond donors (Lipinski definition) is 0. The molecule has 4 rings (SSSR count). The predicted molar refractivity (Wildman–Crippen MR) is 84.5 cm³/mol. The summed E-state index contributed by atoms with van der Waals surface area (Å²) in [6, 6.07) is 5.46. The van der Waals surface area contributed by atoms with Crippen molar-refractivity contribution in [2.24, 2.45) is 0 Å². The Kier molecular flexibility index (Phi) is 3.25. The van der Waals surface area contributed by atoms with Crippen molar-refractivity contribution >= 4 is 17.2 Å². The molecule has 0 spiro atoms. The zero-order valence-electron chi connectivity index (χ0n) is 12.8. The largest absolute Gasteiger partial charge is 0.459 e. The highest BCUT2D eigenvalue weighted by molar-refractivity contribution is 5.91. The zero-order chi connectivity index (χ0) is 15.8. The van der Waals surface area contributed by atoms with Gasteiger partial charge in [0.1, 0.15) is 5.52 Å². The van der Waals surface area contributed by atoms with E-state index in [1.54, 1.807) is 18.3 Å². The number of anilines is 1. The van der Waals surface area contributed by atoms with E-state index in [-0.39, 0.29) is 5.91 Å². The molecule has 7 nitrogen and oxygen atoms in total. The van der Waals surface area contributed by atoms with Gasteiger partial charge >= 0.3 is 0 Å². The SMILES string of the molecule is Cc1cc2c(N3CCN(C(=O)c4ccco4)CC3)nccn2n1. The van der Waals surface area contributed by atoms with E-state index in [1.807, 2.05) is 28.6 Å². The van der Waals surface area contributed by atoms with Crippen LogP contribution in [0, 0.1) is 6.92 Å². The molecule has 0 radical (unpaired) electrons. The van der Waals surface area contributed by atoms with Gasteiger partial charge in [-0.05, 0) is 25.1 Å². The Morgan fingerprint density at radius 3 is 2.83 bits per heavy atom. The number of hydrogen-bond acceptors (Lipinski definition) is 5. The van der Waals surface area contributed by atoms with Gasteiger partial charge in [-0.15, -0.1) is 0 Å². The quantitative estimate of drug-likeness (QED) is 0.719. The molecular formula is C16H17N5O2. The first kappa shape index (κ1) is 13.8. The van der Waals surface area contributed by atoms with Crippen LogP contribution in [0.1, 0.15) is 16.2 Å². The Balaban J connectivity index is 1.52. The zero-order valence-corrected chi connectivity index (χ0v) is 12.8. The molecule has 4 heterocycles. The second kappa shape index (κ2) is 5.42. The Bertz CT molecular complexity index is 831. The van der Waals surface area contributed by atoms with Crippen LogP contribution in [0.25, 0.3) is 5.52 Å². The van der Waals surface area contributed by atoms with Crippen LogP contribution in [0.4, 0.5) is 5.82 Å². The van der Waals surface area contributed by atoms with E-state index in [0.717, 1.165) is 30.1 Å². The number of carbonyl (C=O) groups is 1. The minimum Gasteiger partial charge on any atom is -0.459 e. The summed E-state index contributed by atoms with van der Waals surface area (Å²) in [5.41, 5.74) is 1.96. The van der Waals surface area contributed by atoms with Crippen LogP contribution in [0.2, 0.25) is 0 Å². The summed E-state index contributed by atoms with van der Waals surface area (Å²) < 4.78 is 7.04. The summed E-state index contributed by atoms with van der Waals surface area (Å²) in [5, 5.41) is 4.42. The normalized spacial score (nSPS) is 15.3. The smallest absolute Gasteiger partial charge is 0.289 e. The summed E-state index contributed by atoms with van der Waals surface area (Å²) >= 11 is 0. The van der Waals surface area contributed by atoms with Gasteiger partial charge in [-0.1, -0.05) is 0 Å². The maximum atomic E-state index is 12.3. The van der Waals surface area contributed by atoms with Crippen molar-refractivity contribution in [2.75, 3.05) is 31.1 Å². The third kappa shape index (κ3) is 2.44. The average Bonchev–Trinajstić information content (AvgIpc) is 3.22. The number of aryl methyl sites for hydroxylation is 1. The fraction of sp³-hybridized carbons (Fsp3) is 0.312. The van der Waals surface area contributed by atoms with E-state index in [0.29, 0.717) is 18.8 Å². The molecule has 118 valence electrons. The molecule has 0 aromatic carbocycles. The highest BCUT2D eigenvalue weighted by atomic mass is 16.3. The average molecular weight is 311 g/mol. The molecule has 23 heavy (non-hydrogen) atoms. The second-order valence-corrected chi connectivity index (χ2v) is 5.62. The first-order valence-corrected chi connectivity index (χ1v) is 7.61. The van der Waals surface area contributed by atoms with Gasteiger partial charge in [0, 0.05) is 38.6 Å². The first-order chi connectivity index (χ1) is 11.2. The van der Waals surface area contributed by atoms with Crippen molar-refractivity contribution in [3.8, 4) is 0 Å². The van der Waals surface area contributed by atoms with Crippen molar-refractivity contribution in [3.05, 3.63) is 48.3 Å². The lowest BCUT2D eigenvalue weighted by atomic mass is 10.2. The number of fused-ring (bicyclic) bond motifs is 1. The van der Waals surface area contributed by atoms with Crippen LogP contribution in [0.5, 0.6) is 0 Å². The second-order valence-electron chi connectivity index (χ2n) is 5.62. The van der Waals surface area contributed by atoms with E-state index in [4.69, 9.17) is 4.42 Å². The van der Waals surface area contributed by atoms with Crippen LogP contribution >= 0.6 is 0 Å². The first-order valence-electron chi connectivity index (χ1n) is 7.61. The van der Waals surface area contributed by atoms with Gasteiger partial charge in [0.2, 0.25) is 0 Å². The van der Waals surface area contributed by atoms with E-state index < -0.39 is 0 Å². The maximum absolute atomic E-state index is 12.3. The summed E-state index contributed by atoms with van der Waals surface area (Å²) in [5.74, 6) is 1.25. The molecular weight excluding hydrogens is 294 g/mol. The molecule has 0 atom stereocenters. The summed E-state index contributed by atoms with van der Waals surface area (Å²) in [7, 11) is 0. The predicted octanol–water partition coefficient (Wildman–Crippen LogP) is 1.59. The Hall–Kier alpha value is -2.83. The lowest BCUT2D eigenvalue weighted by Gasteiger charge is -2.35. The third-order valence-electron chi connectivity index (χ3n) is 4.09. The number of nitrogens with zero attached hydrogens (tertiary/aromatic N) is 5. The third-order valence-corrected chi connectivity index (χ3v) is 4.09. The summed E-state index contributed by atoms with van der Waals surface area (Å²) in [4.78, 5) is 20.8. The molecule has 1 aliphatic rings. The van der Waals surface area contributed by atoms with E-state index in [2.05, 4.69) is 15.0 Å². The van der Waals surface area contributed by atoms with Crippen LogP contribution in [-0.2, 0) is 0 Å².